The topological polar surface area (TPSA) is 120 Å². The lowest BCUT2D eigenvalue weighted by molar-refractivity contribution is -0.329. The largest absolute Gasteiger partial charge is 0.455 e. The second-order valence-corrected chi connectivity index (χ2v) is 7.72. The number of nitrogen functional groups attached to an aromatic ring is 1. The standard InChI is InChI=1S/C21H13Cl2N7O/c22-12-5-11(8-24)6-13(7-12)31-20-15-9-26-30(18(15)3-2-16(20)23)10-17-14-1-4-19(25)27-21(14)29-28-17/h1-7,9H,10H2,(H3,25,27,28,29)/p+1. The number of hydrogen-bond acceptors (Lipinski definition) is 5. The lowest BCUT2D eigenvalue weighted by Crippen LogP contribution is -2.10. The number of aromatic amines is 2. The van der Waals surface area contributed by atoms with Crippen LogP contribution in [0, 0.1) is 11.3 Å². The highest BCUT2D eigenvalue weighted by atomic mass is 35.5. The van der Waals surface area contributed by atoms with E-state index in [1.54, 1.807) is 36.5 Å². The number of fused-ring (bicyclic) bond motifs is 2. The van der Waals surface area contributed by atoms with Crippen LogP contribution in [0.2, 0.25) is 10.0 Å². The van der Waals surface area contributed by atoms with Gasteiger partial charge in [0.15, 0.2) is 5.75 Å². The monoisotopic (exact) mass is 450 g/mol. The van der Waals surface area contributed by atoms with Crippen molar-refractivity contribution >= 4 is 51.0 Å². The van der Waals surface area contributed by atoms with Gasteiger partial charge in [0.2, 0.25) is 5.82 Å². The maximum absolute atomic E-state index is 9.17. The highest BCUT2D eigenvalue weighted by molar-refractivity contribution is 6.33. The van der Waals surface area contributed by atoms with Gasteiger partial charge >= 0.3 is 0 Å². The van der Waals surface area contributed by atoms with Crippen LogP contribution in [0.15, 0.2) is 48.7 Å². The van der Waals surface area contributed by atoms with Gasteiger partial charge in [0.05, 0.1) is 51.4 Å². The molecule has 3 aromatic heterocycles. The smallest absolute Gasteiger partial charge is 0.293 e. The van der Waals surface area contributed by atoms with Gasteiger partial charge in [-0.1, -0.05) is 23.2 Å². The summed E-state index contributed by atoms with van der Waals surface area (Å²) in [5.74, 6) is 1.39. The normalized spacial score (nSPS) is 11.1. The molecule has 0 fully saturated rings. The summed E-state index contributed by atoms with van der Waals surface area (Å²) in [6.45, 7) is 0.453. The van der Waals surface area contributed by atoms with Crippen molar-refractivity contribution < 1.29 is 9.72 Å². The summed E-state index contributed by atoms with van der Waals surface area (Å²) < 4.78 is 7.84. The fourth-order valence-corrected chi connectivity index (χ4v) is 3.85. The number of pyridine rings is 1. The van der Waals surface area contributed by atoms with E-state index in [-0.39, 0.29) is 0 Å². The second kappa shape index (κ2) is 7.47. The van der Waals surface area contributed by atoms with E-state index in [1.165, 1.54) is 0 Å². The Morgan fingerprint density at radius 3 is 2.87 bits per heavy atom. The molecule has 152 valence electrons. The van der Waals surface area contributed by atoms with Gasteiger partial charge in [0.25, 0.3) is 5.65 Å². The lowest BCUT2D eigenvalue weighted by Gasteiger charge is -2.10. The van der Waals surface area contributed by atoms with Gasteiger partial charge in [-0.25, -0.2) is 10.1 Å². The van der Waals surface area contributed by atoms with E-state index in [2.05, 4.69) is 26.3 Å². The summed E-state index contributed by atoms with van der Waals surface area (Å²) in [4.78, 5) is 3.02. The minimum absolute atomic E-state index is 0.394. The number of nitrogens with two attached hydrogens (primary N) is 1. The molecule has 0 aliphatic rings. The molecule has 0 aliphatic heterocycles. The maximum Gasteiger partial charge on any atom is 0.293 e. The Balaban J connectivity index is 1.54. The van der Waals surface area contributed by atoms with E-state index in [1.807, 2.05) is 16.8 Å². The van der Waals surface area contributed by atoms with Crippen LogP contribution < -0.4 is 15.5 Å². The fourth-order valence-electron chi connectivity index (χ4n) is 3.42. The molecule has 4 N–H and O–H groups in total. The van der Waals surface area contributed by atoms with Crippen LogP contribution in [0.1, 0.15) is 11.3 Å². The first kappa shape index (κ1) is 19.2. The van der Waals surface area contributed by atoms with Gasteiger partial charge in [-0.15, -0.1) is 0 Å². The zero-order valence-electron chi connectivity index (χ0n) is 15.9. The van der Waals surface area contributed by atoms with E-state index in [0.717, 1.165) is 22.0 Å². The molecule has 2 aromatic carbocycles. The number of hydrogen-bond donors (Lipinski definition) is 2. The third kappa shape index (κ3) is 3.50. The number of nitriles is 1. The van der Waals surface area contributed by atoms with Gasteiger partial charge in [-0.2, -0.15) is 10.4 Å². The van der Waals surface area contributed by atoms with Crippen LogP contribution >= 0.6 is 23.2 Å². The average Bonchev–Trinajstić information content (AvgIpc) is 3.34. The predicted octanol–water partition coefficient (Wildman–Crippen LogP) is 4.33. The molecule has 31 heavy (non-hydrogen) atoms. The number of nitrogens with one attached hydrogen (secondary N) is 2. The summed E-state index contributed by atoms with van der Waals surface area (Å²) in [5.41, 5.74) is 8.55. The lowest BCUT2D eigenvalue weighted by atomic mass is 10.2. The number of halogens is 2. The quantitative estimate of drug-likeness (QED) is 0.422. The van der Waals surface area contributed by atoms with E-state index in [9.17, 15) is 5.26 Å². The average molecular weight is 451 g/mol. The van der Waals surface area contributed by atoms with Gasteiger partial charge in [0.1, 0.15) is 5.75 Å². The Hall–Kier alpha value is -3.80. The van der Waals surface area contributed by atoms with Crippen molar-refractivity contribution in [1.29, 1.82) is 5.26 Å². The number of rotatable bonds is 4. The summed E-state index contributed by atoms with van der Waals surface area (Å²) in [6, 6.07) is 14.2. The van der Waals surface area contributed by atoms with E-state index < -0.39 is 0 Å². The van der Waals surface area contributed by atoms with E-state index >= 15 is 0 Å². The summed E-state index contributed by atoms with van der Waals surface area (Å²) in [7, 11) is 0. The number of aromatic nitrogens is 5. The van der Waals surface area contributed by atoms with Crippen LogP contribution in [0.4, 0.5) is 5.82 Å². The predicted molar refractivity (Wildman–Crippen MR) is 117 cm³/mol. The number of anilines is 1. The van der Waals surface area contributed by atoms with Crippen molar-refractivity contribution in [2.24, 2.45) is 0 Å². The Morgan fingerprint density at radius 2 is 2.03 bits per heavy atom. The fraction of sp³-hybridized carbons (Fsp3) is 0.0476. The molecule has 0 saturated heterocycles. The third-order valence-electron chi connectivity index (χ3n) is 4.83. The SMILES string of the molecule is N#Cc1cc(Cl)cc(Oc2c(Cl)ccc3c2cnn3Cc2[nH]nc3[nH+]c(N)ccc23)c1. The minimum Gasteiger partial charge on any atom is -0.455 e. The number of ether oxygens (including phenoxy) is 1. The molecule has 10 heteroatoms. The molecule has 0 unspecified atom stereocenters. The van der Waals surface area contributed by atoms with Crippen molar-refractivity contribution in [2.45, 2.75) is 6.54 Å². The zero-order valence-corrected chi connectivity index (χ0v) is 17.4. The Labute approximate surface area is 185 Å². The third-order valence-corrected chi connectivity index (χ3v) is 5.35. The molecule has 5 rings (SSSR count). The number of nitrogens with zero attached hydrogens (tertiary/aromatic N) is 4. The number of benzene rings is 2. The zero-order chi connectivity index (χ0) is 21.5. The van der Waals surface area contributed by atoms with Crippen molar-refractivity contribution in [3.05, 3.63) is 70.0 Å². The van der Waals surface area contributed by atoms with Crippen LogP contribution in [-0.4, -0.2) is 20.0 Å². The molecule has 0 radical (unpaired) electrons. The Kier molecular flexibility index (Phi) is 4.62. The summed E-state index contributed by atoms with van der Waals surface area (Å²) in [6.07, 6.45) is 1.69. The van der Waals surface area contributed by atoms with Crippen LogP contribution in [-0.2, 0) is 6.54 Å². The molecule has 0 saturated carbocycles. The van der Waals surface area contributed by atoms with Gasteiger partial charge in [-0.05, 0) is 41.5 Å². The molecule has 5 aromatic rings. The van der Waals surface area contributed by atoms with Crippen molar-refractivity contribution in [1.82, 2.24) is 20.0 Å². The molecule has 0 aliphatic carbocycles. The van der Waals surface area contributed by atoms with Gasteiger partial charge in [0, 0.05) is 11.1 Å². The molecule has 3 heterocycles. The van der Waals surface area contributed by atoms with Gasteiger partial charge < -0.3 is 10.5 Å². The maximum atomic E-state index is 9.17. The van der Waals surface area contributed by atoms with E-state index in [0.29, 0.717) is 45.1 Å². The Bertz CT molecular complexity index is 1500. The van der Waals surface area contributed by atoms with Crippen LogP contribution in [0.3, 0.4) is 0 Å². The van der Waals surface area contributed by atoms with E-state index in [4.69, 9.17) is 33.7 Å². The molecular weight excluding hydrogens is 437 g/mol. The summed E-state index contributed by atoms with van der Waals surface area (Å²) in [5, 5.41) is 23.4. The molecule has 0 bridgehead atoms. The first-order valence-corrected chi connectivity index (χ1v) is 9.95. The molecule has 0 spiro atoms. The molecule has 0 atom stereocenters. The molecule has 8 nitrogen and oxygen atoms in total. The van der Waals surface area contributed by atoms with Crippen LogP contribution in [0.25, 0.3) is 21.9 Å². The van der Waals surface area contributed by atoms with Crippen LogP contribution in [0.5, 0.6) is 11.5 Å². The van der Waals surface area contributed by atoms with Gasteiger partial charge in [-0.3, -0.25) is 4.68 Å². The molecular formula is C21H14Cl2N7O+. The highest BCUT2D eigenvalue weighted by Gasteiger charge is 2.17. The second-order valence-electron chi connectivity index (χ2n) is 6.88. The summed E-state index contributed by atoms with van der Waals surface area (Å²) >= 11 is 12.5. The minimum atomic E-state index is 0.394. The van der Waals surface area contributed by atoms with Crippen molar-refractivity contribution in [3.8, 4) is 17.6 Å². The Morgan fingerprint density at radius 1 is 1.16 bits per heavy atom. The first-order valence-electron chi connectivity index (χ1n) is 9.19. The van der Waals surface area contributed by atoms with Crippen molar-refractivity contribution in [2.75, 3.05) is 5.73 Å². The highest BCUT2D eigenvalue weighted by Crippen LogP contribution is 2.37. The number of H-pyrrole nitrogens is 2. The molecule has 0 amide bonds. The first-order chi connectivity index (χ1) is 15.0. The van der Waals surface area contributed by atoms with Crippen molar-refractivity contribution in [3.63, 3.8) is 0 Å².